The summed E-state index contributed by atoms with van der Waals surface area (Å²) in [5.41, 5.74) is 0.994. The topological polar surface area (TPSA) is 88.6 Å². The second-order valence-corrected chi connectivity index (χ2v) is 10.7. The van der Waals surface area contributed by atoms with Crippen LogP contribution < -0.4 is 10.1 Å². The number of nitrogens with one attached hydrogen (secondary N) is 1. The Bertz CT molecular complexity index is 1000. The van der Waals surface area contributed by atoms with Crippen LogP contribution in [0.2, 0.25) is 0 Å². The van der Waals surface area contributed by atoms with Gasteiger partial charge in [0, 0.05) is 31.3 Å². The molecule has 1 fully saturated rings. The largest absolute Gasteiger partial charge is 0.493 e. The van der Waals surface area contributed by atoms with E-state index in [0.29, 0.717) is 24.7 Å². The van der Waals surface area contributed by atoms with E-state index in [1.165, 1.54) is 18.0 Å². The minimum absolute atomic E-state index is 0.0628. The molecule has 2 aliphatic rings. The van der Waals surface area contributed by atoms with Crippen LogP contribution in [0.1, 0.15) is 43.7 Å². The normalized spacial score (nSPS) is 19.7. The molecule has 4 rings (SSSR count). The van der Waals surface area contributed by atoms with Crippen LogP contribution in [-0.2, 0) is 14.8 Å². The molecular weight excluding hydrogens is 434 g/mol. The second-order valence-electron chi connectivity index (χ2n) is 7.73. The maximum atomic E-state index is 12.8. The summed E-state index contributed by atoms with van der Waals surface area (Å²) >= 11 is 1.29. The smallest absolute Gasteiger partial charge is 0.244 e. The lowest BCUT2D eigenvalue weighted by atomic mass is 10.0. The number of rotatable bonds is 6. The highest BCUT2D eigenvalue weighted by Gasteiger charge is 2.26. The van der Waals surface area contributed by atoms with Crippen molar-refractivity contribution in [2.75, 3.05) is 25.4 Å². The molecule has 9 heteroatoms. The first-order valence-electron chi connectivity index (χ1n) is 10.6. The maximum absolute atomic E-state index is 12.8. The number of pyridine rings is 1. The Morgan fingerprint density at radius 2 is 1.90 bits per heavy atom. The van der Waals surface area contributed by atoms with E-state index in [2.05, 4.69) is 10.3 Å². The van der Waals surface area contributed by atoms with E-state index in [1.807, 2.05) is 24.3 Å². The number of benzene rings is 1. The number of carbonyl (C=O) groups is 1. The Balaban J connectivity index is 1.33. The molecule has 31 heavy (non-hydrogen) atoms. The molecule has 0 aliphatic carbocycles. The Kier molecular flexibility index (Phi) is 7.14. The highest BCUT2D eigenvalue weighted by molar-refractivity contribution is 7.99. The highest BCUT2D eigenvalue weighted by Crippen LogP contribution is 2.31. The molecule has 1 N–H and O–H groups in total. The molecule has 1 atom stereocenters. The average molecular weight is 462 g/mol. The van der Waals surface area contributed by atoms with Crippen molar-refractivity contribution in [3.05, 3.63) is 48.2 Å². The Hall–Kier alpha value is -2.10. The van der Waals surface area contributed by atoms with Gasteiger partial charge in [0.2, 0.25) is 15.9 Å². The first-order valence-corrected chi connectivity index (χ1v) is 13.1. The molecule has 1 saturated heterocycles. The van der Waals surface area contributed by atoms with E-state index < -0.39 is 10.0 Å². The van der Waals surface area contributed by atoms with Crippen molar-refractivity contribution in [2.24, 2.45) is 0 Å². The zero-order valence-electron chi connectivity index (χ0n) is 17.3. The van der Waals surface area contributed by atoms with Gasteiger partial charge in [-0.25, -0.2) is 13.4 Å². The molecule has 3 heterocycles. The Morgan fingerprint density at radius 3 is 2.65 bits per heavy atom. The van der Waals surface area contributed by atoms with Crippen LogP contribution in [0.5, 0.6) is 5.75 Å². The first kappa shape index (κ1) is 22.1. The molecule has 1 unspecified atom stereocenters. The molecule has 2 aliphatic heterocycles. The van der Waals surface area contributed by atoms with Gasteiger partial charge in [-0.1, -0.05) is 42.8 Å². The van der Waals surface area contributed by atoms with Crippen molar-refractivity contribution in [2.45, 2.75) is 48.1 Å². The third kappa shape index (κ3) is 5.39. The lowest BCUT2D eigenvalue weighted by molar-refractivity contribution is -0.119. The summed E-state index contributed by atoms with van der Waals surface area (Å²) in [5, 5.41) is 3.68. The summed E-state index contributed by atoms with van der Waals surface area (Å²) in [5.74, 6) is 0.939. The van der Waals surface area contributed by atoms with Gasteiger partial charge >= 0.3 is 0 Å². The fourth-order valence-corrected chi connectivity index (χ4v) is 6.02. The molecule has 1 aromatic carbocycles. The van der Waals surface area contributed by atoms with E-state index in [-0.39, 0.29) is 22.6 Å². The Morgan fingerprint density at radius 1 is 1.13 bits per heavy atom. The first-order chi connectivity index (χ1) is 15.0. The number of amides is 1. The number of ether oxygens (including phenoxy) is 1. The summed E-state index contributed by atoms with van der Waals surface area (Å²) in [6, 6.07) is 10.9. The fourth-order valence-electron chi connectivity index (χ4n) is 3.90. The number of carbonyl (C=O) groups excluding carboxylic acids is 1. The number of para-hydroxylation sites is 1. The highest BCUT2D eigenvalue weighted by atomic mass is 32.2. The number of sulfonamides is 1. The molecule has 0 saturated carbocycles. The lowest BCUT2D eigenvalue weighted by Gasteiger charge is -2.26. The van der Waals surface area contributed by atoms with E-state index in [0.717, 1.165) is 43.4 Å². The number of fused-ring (bicyclic) bond motifs is 1. The fraction of sp³-hybridized carbons (Fsp3) is 0.455. The monoisotopic (exact) mass is 461 g/mol. The number of nitrogens with zero attached hydrogens (tertiary/aromatic N) is 2. The van der Waals surface area contributed by atoms with Crippen molar-refractivity contribution < 1.29 is 17.9 Å². The zero-order chi connectivity index (χ0) is 21.7. The standard InChI is InChI=1S/C22H27N3O4S2/c26-21(24-19-11-14-29-20-8-4-3-7-18(19)20)16-30-22-10-9-17(15-23-22)31(27,28)25-12-5-1-2-6-13-25/h3-4,7-10,15,19H,1-2,5-6,11-14,16H2,(H,24,26). The van der Waals surface area contributed by atoms with Gasteiger partial charge in [-0.2, -0.15) is 4.31 Å². The minimum Gasteiger partial charge on any atom is -0.493 e. The summed E-state index contributed by atoms with van der Waals surface area (Å²) in [6.45, 7) is 1.70. The van der Waals surface area contributed by atoms with Gasteiger partial charge in [0.15, 0.2) is 0 Å². The van der Waals surface area contributed by atoms with Gasteiger partial charge in [-0.15, -0.1) is 0 Å². The molecule has 1 amide bonds. The molecule has 0 radical (unpaired) electrons. The van der Waals surface area contributed by atoms with Crippen molar-refractivity contribution in [1.82, 2.24) is 14.6 Å². The van der Waals surface area contributed by atoms with E-state index in [9.17, 15) is 13.2 Å². The zero-order valence-corrected chi connectivity index (χ0v) is 19.0. The van der Waals surface area contributed by atoms with Crippen LogP contribution in [0.25, 0.3) is 0 Å². The quantitative estimate of drug-likeness (QED) is 0.664. The third-order valence-electron chi connectivity index (χ3n) is 5.56. The molecular formula is C22H27N3O4S2. The lowest BCUT2D eigenvalue weighted by Crippen LogP contribution is -2.33. The number of thioether (sulfide) groups is 1. The van der Waals surface area contributed by atoms with E-state index in [1.54, 1.807) is 16.4 Å². The van der Waals surface area contributed by atoms with Crippen molar-refractivity contribution in [3.8, 4) is 5.75 Å². The van der Waals surface area contributed by atoms with E-state index >= 15 is 0 Å². The minimum atomic E-state index is -3.51. The second kappa shape index (κ2) is 10.0. The van der Waals surface area contributed by atoms with Gasteiger partial charge in [-0.05, 0) is 31.0 Å². The third-order valence-corrected chi connectivity index (χ3v) is 8.38. The molecule has 0 spiro atoms. The molecule has 166 valence electrons. The molecule has 0 bridgehead atoms. The SMILES string of the molecule is O=C(CSc1ccc(S(=O)(=O)N2CCCCCC2)cn1)NC1CCOc2ccccc21. The maximum Gasteiger partial charge on any atom is 0.244 e. The molecule has 7 nitrogen and oxygen atoms in total. The predicted octanol–water partition coefficient (Wildman–Crippen LogP) is 3.38. The van der Waals surface area contributed by atoms with Crippen LogP contribution >= 0.6 is 11.8 Å². The average Bonchev–Trinajstić information content (AvgIpc) is 3.09. The van der Waals surface area contributed by atoms with Gasteiger partial charge in [-0.3, -0.25) is 4.79 Å². The van der Waals surface area contributed by atoms with Gasteiger partial charge < -0.3 is 10.1 Å². The molecule has 1 aromatic heterocycles. The number of hydrogen-bond donors (Lipinski definition) is 1. The van der Waals surface area contributed by atoms with Crippen LogP contribution in [0.3, 0.4) is 0 Å². The van der Waals surface area contributed by atoms with Crippen LogP contribution in [0, 0.1) is 0 Å². The van der Waals surface area contributed by atoms with E-state index in [4.69, 9.17) is 4.74 Å². The summed E-state index contributed by atoms with van der Waals surface area (Å²) in [7, 11) is -3.51. The van der Waals surface area contributed by atoms with Crippen molar-refractivity contribution in [3.63, 3.8) is 0 Å². The number of hydrogen-bond acceptors (Lipinski definition) is 6. The van der Waals surface area contributed by atoms with Crippen LogP contribution in [0.4, 0.5) is 0 Å². The molecule has 2 aromatic rings. The Labute approximate surface area is 187 Å². The van der Waals surface area contributed by atoms with Crippen LogP contribution in [0.15, 0.2) is 52.5 Å². The number of aromatic nitrogens is 1. The van der Waals surface area contributed by atoms with Gasteiger partial charge in [0.05, 0.1) is 23.4 Å². The van der Waals surface area contributed by atoms with Crippen molar-refractivity contribution in [1.29, 1.82) is 0 Å². The van der Waals surface area contributed by atoms with Gasteiger partial charge in [0.25, 0.3) is 0 Å². The predicted molar refractivity (Wildman–Crippen MR) is 120 cm³/mol. The summed E-state index contributed by atoms with van der Waals surface area (Å²) < 4.78 is 32.9. The van der Waals surface area contributed by atoms with Crippen LogP contribution in [-0.4, -0.2) is 49.1 Å². The summed E-state index contributed by atoms with van der Waals surface area (Å²) in [4.78, 5) is 16.9. The van der Waals surface area contributed by atoms with Crippen molar-refractivity contribution >= 4 is 27.7 Å². The summed E-state index contributed by atoms with van der Waals surface area (Å²) in [6.07, 6.45) is 6.06. The van der Waals surface area contributed by atoms with Gasteiger partial charge in [0.1, 0.15) is 10.6 Å².